The summed E-state index contributed by atoms with van der Waals surface area (Å²) in [6.45, 7) is 12.7. The average Bonchev–Trinajstić information content (AvgIpc) is 2.72. The molecule has 0 spiro atoms. The zero-order valence-corrected chi connectivity index (χ0v) is 19.1. The van der Waals surface area contributed by atoms with Crippen LogP contribution in [0.15, 0.2) is 42.5 Å². The number of nitrogens with zero attached hydrogens (tertiary/aromatic N) is 1. The smallest absolute Gasteiger partial charge is 0.261 e. The minimum Gasteiger partial charge on any atom is -0.481 e. The van der Waals surface area contributed by atoms with E-state index in [9.17, 15) is 4.79 Å². The van der Waals surface area contributed by atoms with Gasteiger partial charge in [-0.2, -0.15) is 0 Å². The van der Waals surface area contributed by atoms with Crippen LogP contribution in [0.25, 0.3) is 0 Å². The van der Waals surface area contributed by atoms with Gasteiger partial charge in [-0.15, -0.1) is 0 Å². The highest BCUT2D eigenvalue weighted by Crippen LogP contribution is 2.25. The van der Waals surface area contributed by atoms with Crippen molar-refractivity contribution in [3.8, 4) is 5.75 Å². The minimum absolute atomic E-state index is 0.0650. The third-order valence-electron chi connectivity index (χ3n) is 6.04. The topological polar surface area (TPSA) is 41.6 Å². The van der Waals surface area contributed by atoms with Gasteiger partial charge in [0.25, 0.3) is 5.91 Å². The van der Waals surface area contributed by atoms with Gasteiger partial charge in [0.1, 0.15) is 5.75 Å². The number of amides is 1. The normalized spacial score (nSPS) is 16.8. The largest absolute Gasteiger partial charge is 0.481 e. The fourth-order valence-corrected chi connectivity index (χ4v) is 4.12. The van der Waals surface area contributed by atoms with Crippen molar-refractivity contribution in [2.45, 2.75) is 66.0 Å². The molecule has 1 amide bonds. The summed E-state index contributed by atoms with van der Waals surface area (Å²) in [5.41, 5.74) is 4.65. The number of piperidine rings is 1. The molecule has 0 saturated carbocycles. The van der Waals surface area contributed by atoms with E-state index in [0.29, 0.717) is 6.42 Å². The summed E-state index contributed by atoms with van der Waals surface area (Å²) in [6, 6.07) is 14.6. The number of carbonyl (C=O) groups is 1. The van der Waals surface area contributed by atoms with Crippen LogP contribution < -0.4 is 15.0 Å². The molecule has 0 aromatic heterocycles. The number of carbonyl (C=O) groups excluding carboxylic acids is 1. The first-order valence-corrected chi connectivity index (χ1v) is 11.3. The molecule has 4 heteroatoms. The fourth-order valence-electron chi connectivity index (χ4n) is 4.12. The summed E-state index contributed by atoms with van der Waals surface area (Å²) in [5.74, 6) is 1.51. The number of rotatable bonds is 7. The summed E-state index contributed by atoms with van der Waals surface area (Å²) in [7, 11) is 0. The van der Waals surface area contributed by atoms with Gasteiger partial charge in [0.05, 0.1) is 6.04 Å². The lowest BCUT2D eigenvalue weighted by atomic mass is 9.98. The quantitative estimate of drug-likeness (QED) is 0.651. The van der Waals surface area contributed by atoms with Crippen molar-refractivity contribution in [3.63, 3.8) is 0 Å². The van der Waals surface area contributed by atoms with Crippen LogP contribution in [0, 0.1) is 19.8 Å². The summed E-state index contributed by atoms with van der Waals surface area (Å²) in [6.07, 6.45) is 2.64. The van der Waals surface area contributed by atoms with Crippen LogP contribution >= 0.6 is 0 Å². The monoisotopic (exact) mass is 408 g/mol. The lowest BCUT2D eigenvalue weighted by Crippen LogP contribution is -2.39. The zero-order valence-electron chi connectivity index (χ0n) is 19.1. The Labute approximate surface area is 181 Å². The average molecular weight is 409 g/mol. The Morgan fingerprint density at radius 3 is 2.27 bits per heavy atom. The van der Waals surface area contributed by atoms with E-state index in [0.717, 1.165) is 41.4 Å². The predicted octanol–water partition coefficient (Wildman–Crippen LogP) is 5.57. The Morgan fingerprint density at radius 1 is 1.10 bits per heavy atom. The molecule has 0 unspecified atom stereocenters. The van der Waals surface area contributed by atoms with E-state index in [1.165, 1.54) is 18.5 Å². The molecule has 1 N–H and O–H groups in total. The van der Waals surface area contributed by atoms with Gasteiger partial charge in [-0.25, -0.2) is 0 Å². The van der Waals surface area contributed by atoms with E-state index >= 15 is 0 Å². The Balaban J connectivity index is 1.59. The summed E-state index contributed by atoms with van der Waals surface area (Å²) in [4.78, 5) is 15.3. The van der Waals surface area contributed by atoms with Gasteiger partial charge < -0.3 is 15.0 Å². The van der Waals surface area contributed by atoms with Crippen molar-refractivity contribution in [2.24, 2.45) is 5.92 Å². The lowest BCUT2D eigenvalue weighted by molar-refractivity contribution is -0.128. The first-order valence-electron chi connectivity index (χ1n) is 11.3. The van der Waals surface area contributed by atoms with Crippen molar-refractivity contribution in [1.82, 2.24) is 5.32 Å². The first kappa shape index (κ1) is 22.2. The van der Waals surface area contributed by atoms with Crippen LogP contribution in [0.3, 0.4) is 0 Å². The van der Waals surface area contributed by atoms with Gasteiger partial charge >= 0.3 is 0 Å². The Morgan fingerprint density at radius 2 is 1.70 bits per heavy atom. The van der Waals surface area contributed by atoms with Crippen molar-refractivity contribution >= 4 is 11.6 Å². The molecular formula is C26H36N2O2. The number of aryl methyl sites for hydroxylation is 2. The first-order chi connectivity index (χ1) is 14.4. The van der Waals surface area contributed by atoms with Gasteiger partial charge in [0.2, 0.25) is 0 Å². The molecule has 0 aliphatic carbocycles. The zero-order chi connectivity index (χ0) is 21.7. The number of anilines is 1. The number of hydrogen-bond acceptors (Lipinski definition) is 3. The molecule has 1 aliphatic rings. The maximum absolute atomic E-state index is 12.8. The Kier molecular flexibility index (Phi) is 7.41. The molecule has 1 saturated heterocycles. The second-order valence-corrected chi connectivity index (χ2v) is 8.83. The van der Waals surface area contributed by atoms with Crippen LogP contribution in [0.2, 0.25) is 0 Å². The lowest BCUT2D eigenvalue weighted by Gasteiger charge is -2.32. The molecule has 0 bridgehead atoms. The van der Waals surface area contributed by atoms with Gasteiger partial charge in [0, 0.05) is 18.8 Å². The van der Waals surface area contributed by atoms with Gasteiger partial charge in [0.15, 0.2) is 6.10 Å². The molecule has 30 heavy (non-hydrogen) atoms. The molecule has 1 heterocycles. The molecule has 3 rings (SSSR count). The molecular weight excluding hydrogens is 372 g/mol. The van der Waals surface area contributed by atoms with Crippen LogP contribution in [0.1, 0.15) is 62.8 Å². The molecule has 162 valence electrons. The summed E-state index contributed by atoms with van der Waals surface area (Å²) >= 11 is 0. The van der Waals surface area contributed by atoms with E-state index in [2.05, 4.69) is 47.5 Å². The third-order valence-corrected chi connectivity index (χ3v) is 6.04. The maximum atomic E-state index is 12.8. The number of ether oxygens (including phenoxy) is 1. The Hall–Kier alpha value is -2.49. The molecule has 1 fully saturated rings. The summed E-state index contributed by atoms with van der Waals surface area (Å²) in [5, 5.41) is 3.12. The molecule has 2 atom stereocenters. The second kappa shape index (κ2) is 10.0. The van der Waals surface area contributed by atoms with Crippen molar-refractivity contribution < 1.29 is 9.53 Å². The van der Waals surface area contributed by atoms with E-state index in [1.807, 2.05) is 39.8 Å². The van der Waals surface area contributed by atoms with Crippen LogP contribution in [-0.4, -0.2) is 25.1 Å². The van der Waals surface area contributed by atoms with Gasteiger partial charge in [-0.1, -0.05) is 32.0 Å². The maximum Gasteiger partial charge on any atom is 0.261 e. The second-order valence-electron chi connectivity index (χ2n) is 8.83. The highest BCUT2D eigenvalue weighted by Gasteiger charge is 2.21. The predicted molar refractivity (Wildman–Crippen MR) is 124 cm³/mol. The van der Waals surface area contributed by atoms with Gasteiger partial charge in [-0.05, 0) is 86.9 Å². The van der Waals surface area contributed by atoms with Crippen LogP contribution in [0.4, 0.5) is 5.69 Å². The fraction of sp³-hybridized carbons (Fsp3) is 0.500. The SMILES string of the molecule is CC[C@@H](Oc1cc(C)cc(C)c1)C(=O)N[C@@H](C)c1ccc(N2CCC(C)CC2)cc1. The number of benzene rings is 2. The van der Waals surface area contributed by atoms with Crippen molar-refractivity contribution in [1.29, 1.82) is 0 Å². The number of hydrogen-bond donors (Lipinski definition) is 1. The summed E-state index contributed by atoms with van der Waals surface area (Å²) < 4.78 is 6.01. The van der Waals surface area contributed by atoms with Gasteiger partial charge in [-0.3, -0.25) is 4.79 Å². The van der Waals surface area contributed by atoms with E-state index in [1.54, 1.807) is 0 Å². The molecule has 2 aromatic carbocycles. The highest BCUT2D eigenvalue weighted by atomic mass is 16.5. The highest BCUT2D eigenvalue weighted by molar-refractivity contribution is 5.81. The molecule has 0 radical (unpaired) electrons. The van der Waals surface area contributed by atoms with Crippen LogP contribution in [0.5, 0.6) is 5.75 Å². The van der Waals surface area contributed by atoms with E-state index < -0.39 is 6.10 Å². The number of nitrogens with one attached hydrogen (secondary N) is 1. The third kappa shape index (κ3) is 5.78. The van der Waals surface area contributed by atoms with E-state index in [-0.39, 0.29) is 11.9 Å². The van der Waals surface area contributed by atoms with E-state index in [4.69, 9.17) is 4.74 Å². The molecule has 4 nitrogen and oxygen atoms in total. The van der Waals surface area contributed by atoms with Crippen LogP contribution in [-0.2, 0) is 4.79 Å². The van der Waals surface area contributed by atoms with Crippen molar-refractivity contribution in [3.05, 3.63) is 59.2 Å². The van der Waals surface area contributed by atoms with Crippen molar-refractivity contribution in [2.75, 3.05) is 18.0 Å². The standard InChI is InChI=1S/C26H36N2O2/c1-6-25(30-24-16-19(3)15-20(4)17-24)26(29)27-21(5)22-7-9-23(10-8-22)28-13-11-18(2)12-14-28/h7-10,15-18,21,25H,6,11-14H2,1-5H3,(H,27,29)/t21-,25+/m0/s1. The molecule has 2 aromatic rings. The Bertz CT molecular complexity index is 818. The molecule has 1 aliphatic heterocycles. The minimum atomic E-state index is -0.497.